The quantitative estimate of drug-likeness (QED) is 0.422. The Kier molecular flexibility index (Phi) is 7.18. The van der Waals surface area contributed by atoms with Crippen LogP contribution in [0.3, 0.4) is 0 Å². The second-order valence-corrected chi connectivity index (χ2v) is 6.75. The topological polar surface area (TPSA) is 76.9 Å². The largest absolute Gasteiger partial charge is 0.356 e. The predicted octanol–water partition coefficient (Wildman–Crippen LogP) is 2.42. The number of nitrogens with one attached hydrogen (secondary N) is 1. The van der Waals surface area contributed by atoms with E-state index in [4.69, 9.17) is 0 Å². The number of carbonyl (C=O) groups excluding carboxylic acids is 2. The molecule has 0 atom stereocenters. The summed E-state index contributed by atoms with van der Waals surface area (Å²) in [7, 11) is 1.90. The summed E-state index contributed by atoms with van der Waals surface area (Å²) in [6, 6.07) is 7.75. The van der Waals surface area contributed by atoms with E-state index in [-0.39, 0.29) is 11.7 Å². The van der Waals surface area contributed by atoms with Crippen LogP contribution in [0.5, 0.6) is 0 Å². The lowest BCUT2D eigenvalue weighted by atomic mass is 10.1. The van der Waals surface area contributed by atoms with Crippen LogP contribution in [0, 0.1) is 0 Å². The smallest absolute Gasteiger partial charge is 0.216 e. The zero-order valence-corrected chi connectivity index (χ0v) is 15.7. The minimum absolute atomic E-state index is 0.0281. The summed E-state index contributed by atoms with van der Waals surface area (Å²) in [6.07, 6.45) is 2.50. The third-order valence-corrected chi connectivity index (χ3v) is 4.91. The summed E-state index contributed by atoms with van der Waals surface area (Å²) in [5.74, 6) is 1.25. The Labute approximate surface area is 152 Å². The third-order valence-electron chi connectivity index (χ3n) is 3.89. The highest BCUT2D eigenvalue weighted by Gasteiger charge is 2.12. The molecule has 0 saturated carbocycles. The maximum absolute atomic E-state index is 12.3. The van der Waals surface area contributed by atoms with Crippen molar-refractivity contribution >= 4 is 23.5 Å². The summed E-state index contributed by atoms with van der Waals surface area (Å²) in [6.45, 7) is 4.22. The van der Waals surface area contributed by atoms with Gasteiger partial charge in [0.15, 0.2) is 10.9 Å². The van der Waals surface area contributed by atoms with Crippen LogP contribution >= 0.6 is 11.8 Å². The van der Waals surface area contributed by atoms with Crippen molar-refractivity contribution in [2.45, 2.75) is 38.3 Å². The molecule has 1 amide bonds. The summed E-state index contributed by atoms with van der Waals surface area (Å²) in [4.78, 5) is 23.1. The van der Waals surface area contributed by atoms with Gasteiger partial charge in [-0.3, -0.25) is 9.59 Å². The van der Waals surface area contributed by atoms with Gasteiger partial charge in [-0.05, 0) is 18.4 Å². The average molecular weight is 360 g/mol. The van der Waals surface area contributed by atoms with Gasteiger partial charge in [0.25, 0.3) is 0 Å². The summed E-state index contributed by atoms with van der Waals surface area (Å²) < 4.78 is 1.91. The molecule has 0 fully saturated rings. The van der Waals surface area contributed by atoms with Gasteiger partial charge in [-0.25, -0.2) is 0 Å². The van der Waals surface area contributed by atoms with E-state index in [1.165, 1.54) is 24.2 Å². The number of aryl methyl sites for hydroxylation is 2. The van der Waals surface area contributed by atoms with Crippen molar-refractivity contribution in [2.24, 2.45) is 7.05 Å². The zero-order chi connectivity index (χ0) is 18.2. The molecule has 25 heavy (non-hydrogen) atoms. The fourth-order valence-electron chi connectivity index (χ4n) is 2.34. The maximum atomic E-state index is 12.3. The van der Waals surface area contributed by atoms with Crippen LogP contribution in [0.25, 0.3) is 0 Å². The zero-order valence-electron chi connectivity index (χ0n) is 14.9. The van der Waals surface area contributed by atoms with Crippen LogP contribution in [0.1, 0.15) is 42.0 Å². The lowest BCUT2D eigenvalue weighted by Gasteiger charge is -2.05. The number of amides is 1. The monoisotopic (exact) mass is 360 g/mol. The van der Waals surface area contributed by atoms with Crippen LogP contribution in [-0.2, 0) is 24.7 Å². The van der Waals surface area contributed by atoms with E-state index in [2.05, 4.69) is 22.4 Å². The van der Waals surface area contributed by atoms with E-state index in [0.717, 1.165) is 35.8 Å². The number of thioether (sulfide) groups is 1. The van der Waals surface area contributed by atoms with Crippen molar-refractivity contribution in [3.63, 3.8) is 0 Å². The van der Waals surface area contributed by atoms with E-state index in [9.17, 15) is 9.59 Å². The van der Waals surface area contributed by atoms with Crippen molar-refractivity contribution in [3.05, 3.63) is 41.2 Å². The summed E-state index contributed by atoms with van der Waals surface area (Å²) >= 11 is 1.39. The molecule has 0 radical (unpaired) electrons. The van der Waals surface area contributed by atoms with Gasteiger partial charge in [0.05, 0.1) is 5.75 Å². The van der Waals surface area contributed by atoms with Crippen LogP contribution in [0.15, 0.2) is 29.4 Å². The molecule has 0 aliphatic carbocycles. The molecule has 0 aliphatic heterocycles. The number of rotatable bonds is 9. The number of nitrogens with zero attached hydrogens (tertiary/aromatic N) is 3. The van der Waals surface area contributed by atoms with Gasteiger partial charge in [-0.2, -0.15) is 0 Å². The van der Waals surface area contributed by atoms with Crippen molar-refractivity contribution in [3.8, 4) is 0 Å². The summed E-state index contributed by atoms with van der Waals surface area (Å²) in [5, 5.41) is 11.8. The molecular formula is C18H24N4O2S. The fourth-order valence-corrected chi connectivity index (χ4v) is 3.16. The molecule has 0 spiro atoms. The highest BCUT2D eigenvalue weighted by atomic mass is 32.2. The molecule has 0 aliphatic rings. The average Bonchev–Trinajstić information content (AvgIpc) is 2.96. The minimum atomic E-state index is -0.0281. The molecule has 1 aromatic carbocycles. The van der Waals surface area contributed by atoms with E-state index >= 15 is 0 Å². The van der Waals surface area contributed by atoms with Gasteiger partial charge in [-0.15, -0.1) is 10.2 Å². The van der Waals surface area contributed by atoms with Gasteiger partial charge in [-0.1, -0.05) is 43.0 Å². The van der Waals surface area contributed by atoms with Gasteiger partial charge >= 0.3 is 0 Å². The number of aromatic nitrogens is 3. The predicted molar refractivity (Wildman–Crippen MR) is 98.9 cm³/mol. The van der Waals surface area contributed by atoms with Gasteiger partial charge < -0.3 is 9.88 Å². The number of carbonyl (C=O) groups is 2. The number of hydrogen-bond acceptors (Lipinski definition) is 5. The number of ketones is 1. The molecule has 2 aromatic rings. The van der Waals surface area contributed by atoms with Crippen LogP contribution < -0.4 is 5.32 Å². The first-order chi connectivity index (χ1) is 12.0. The molecule has 7 heteroatoms. The highest BCUT2D eigenvalue weighted by molar-refractivity contribution is 7.99. The van der Waals surface area contributed by atoms with E-state index in [1.807, 2.05) is 35.9 Å². The lowest BCUT2D eigenvalue weighted by Crippen LogP contribution is -2.21. The van der Waals surface area contributed by atoms with E-state index in [1.54, 1.807) is 0 Å². The molecule has 0 unspecified atom stereocenters. The SMILES string of the molecule is CCc1ccc(C(=O)CSc2nnc(CCCNC(C)=O)n2C)cc1. The number of benzene rings is 1. The molecule has 0 bridgehead atoms. The Morgan fingerprint density at radius 2 is 1.92 bits per heavy atom. The summed E-state index contributed by atoms with van der Waals surface area (Å²) in [5.41, 5.74) is 1.95. The number of Topliss-reactive ketones (excluding diaryl/α,β-unsaturated/α-hetero) is 1. The molecule has 1 heterocycles. The Morgan fingerprint density at radius 3 is 2.56 bits per heavy atom. The Bertz CT molecular complexity index is 725. The third kappa shape index (κ3) is 5.70. The van der Waals surface area contributed by atoms with Crippen molar-refractivity contribution < 1.29 is 9.59 Å². The fraction of sp³-hybridized carbons (Fsp3) is 0.444. The molecule has 0 saturated heterocycles. The first-order valence-corrected chi connectivity index (χ1v) is 9.37. The molecule has 134 valence electrons. The molecule has 2 rings (SSSR count). The second-order valence-electron chi connectivity index (χ2n) is 5.81. The van der Waals surface area contributed by atoms with Crippen LogP contribution in [0.4, 0.5) is 0 Å². The van der Waals surface area contributed by atoms with Crippen molar-refractivity contribution in [1.29, 1.82) is 0 Å². The van der Waals surface area contributed by atoms with Gasteiger partial charge in [0.2, 0.25) is 5.91 Å². The normalized spacial score (nSPS) is 10.7. The minimum Gasteiger partial charge on any atom is -0.356 e. The second kappa shape index (κ2) is 9.36. The standard InChI is InChI=1S/C18H24N4O2S/c1-4-14-7-9-15(10-8-14)16(24)12-25-18-21-20-17(22(18)3)6-5-11-19-13(2)23/h7-10H,4-6,11-12H2,1-3H3,(H,19,23). The van der Waals surface area contributed by atoms with Gasteiger partial charge in [0.1, 0.15) is 5.82 Å². The first kappa shape index (κ1) is 19.2. The number of hydrogen-bond donors (Lipinski definition) is 1. The maximum Gasteiger partial charge on any atom is 0.216 e. The Balaban J connectivity index is 1.85. The first-order valence-electron chi connectivity index (χ1n) is 8.39. The van der Waals surface area contributed by atoms with Crippen LogP contribution in [0.2, 0.25) is 0 Å². The lowest BCUT2D eigenvalue weighted by molar-refractivity contribution is -0.118. The molecule has 1 aromatic heterocycles. The van der Waals surface area contributed by atoms with Crippen LogP contribution in [-0.4, -0.2) is 38.8 Å². The molecule has 1 N–H and O–H groups in total. The van der Waals surface area contributed by atoms with E-state index in [0.29, 0.717) is 12.3 Å². The van der Waals surface area contributed by atoms with E-state index < -0.39 is 0 Å². The van der Waals surface area contributed by atoms with Crippen molar-refractivity contribution in [1.82, 2.24) is 20.1 Å². The highest BCUT2D eigenvalue weighted by Crippen LogP contribution is 2.18. The van der Waals surface area contributed by atoms with Crippen molar-refractivity contribution in [2.75, 3.05) is 12.3 Å². The van der Waals surface area contributed by atoms with Gasteiger partial charge in [0, 0.05) is 32.5 Å². The molecule has 6 nitrogen and oxygen atoms in total. The Hall–Kier alpha value is -2.15. The Morgan fingerprint density at radius 1 is 1.20 bits per heavy atom. The molecular weight excluding hydrogens is 336 g/mol.